The van der Waals surface area contributed by atoms with E-state index in [1.807, 2.05) is 0 Å². The third-order valence-electron chi connectivity index (χ3n) is 0.653. The first-order valence-electron chi connectivity index (χ1n) is 2.05. The van der Waals surface area contributed by atoms with Crippen molar-refractivity contribution in [3.05, 3.63) is 0 Å². The summed E-state index contributed by atoms with van der Waals surface area (Å²) in [6.45, 7) is 1.73. The Morgan fingerprint density at radius 3 is 2.83 bits per heavy atom. The molecule has 1 fully saturated rings. The van der Waals surface area contributed by atoms with Crippen LogP contribution in [-0.2, 0) is 4.84 Å². The van der Waals surface area contributed by atoms with E-state index in [4.69, 9.17) is 0 Å². The Hall–Kier alpha value is -0.120. The molecule has 0 spiro atoms. The van der Waals surface area contributed by atoms with Crippen molar-refractivity contribution in [3.63, 3.8) is 0 Å². The van der Waals surface area contributed by atoms with E-state index in [-0.39, 0.29) is 0 Å². The Morgan fingerprint density at radius 2 is 2.67 bits per heavy atom. The number of nitrogens with zero attached hydrogens (tertiary/aromatic N) is 1. The van der Waals surface area contributed by atoms with Gasteiger partial charge in [0.1, 0.15) is 0 Å². The summed E-state index contributed by atoms with van der Waals surface area (Å²) in [5.41, 5.74) is 6.11. The SMILES string of the molecule is C1CN[N]OC1. The molecule has 1 aliphatic heterocycles. The van der Waals surface area contributed by atoms with Crippen LogP contribution in [0.25, 0.3) is 0 Å². The highest BCUT2D eigenvalue weighted by Crippen LogP contribution is 1.80. The standard InChI is InChI=1S/C3H7N2O/c1-2-4-5-6-3-1/h4H,1-3H2. The van der Waals surface area contributed by atoms with Crippen LogP contribution in [-0.4, -0.2) is 13.2 Å². The maximum absolute atomic E-state index is 4.58. The zero-order chi connectivity index (χ0) is 4.24. The molecule has 3 nitrogen and oxygen atoms in total. The summed E-state index contributed by atoms with van der Waals surface area (Å²) >= 11 is 0. The Balaban J connectivity index is 2.00. The minimum Gasteiger partial charge on any atom is -0.267 e. The molecule has 1 aliphatic rings. The molecule has 0 unspecified atom stereocenters. The average molecular weight is 87.1 g/mol. The van der Waals surface area contributed by atoms with Crippen molar-refractivity contribution in [2.75, 3.05) is 13.2 Å². The van der Waals surface area contributed by atoms with Crippen molar-refractivity contribution in [1.82, 2.24) is 11.0 Å². The molecule has 35 valence electrons. The Morgan fingerprint density at radius 1 is 1.67 bits per heavy atom. The number of hydrogen-bond acceptors (Lipinski definition) is 2. The lowest BCUT2D eigenvalue weighted by Gasteiger charge is -2.08. The predicted octanol–water partition coefficient (Wildman–Crippen LogP) is -0.569. The second-order valence-corrected chi connectivity index (χ2v) is 1.19. The van der Waals surface area contributed by atoms with Gasteiger partial charge in [0.25, 0.3) is 0 Å². The quantitative estimate of drug-likeness (QED) is 0.429. The fraction of sp³-hybridized carbons (Fsp3) is 1.00. The topological polar surface area (TPSA) is 35.4 Å². The van der Waals surface area contributed by atoms with Gasteiger partial charge in [-0.15, -0.1) is 0 Å². The van der Waals surface area contributed by atoms with E-state index >= 15 is 0 Å². The Kier molecular flexibility index (Phi) is 1.43. The van der Waals surface area contributed by atoms with Crippen LogP contribution in [0.4, 0.5) is 0 Å². The first-order chi connectivity index (χ1) is 3.00. The van der Waals surface area contributed by atoms with Crippen LogP contribution >= 0.6 is 0 Å². The van der Waals surface area contributed by atoms with Crippen LogP contribution in [0.2, 0.25) is 0 Å². The van der Waals surface area contributed by atoms with Gasteiger partial charge in [-0.2, -0.15) is 0 Å². The summed E-state index contributed by atoms with van der Waals surface area (Å²) in [6.07, 6.45) is 1.07. The summed E-state index contributed by atoms with van der Waals surface area (Å²) in [4.78, 5) is 4.58. The van der Waals surface area contributed by atoms with E-state index in [0.29, 0.717) is 0 Å². The van der Waals surface area contributed by atoms with Crippen LogP contribution in [0, 0.1) is 0 Å². The van der Waals surface area contributed by atoms with Crippen LogP contribution in [0.15, 0.2) is 0 Å². The second-order valence-electron chi connectivity index (χ2n) is 1.19. The van der Waals surface area contributed by atoms with E-state index in [2.05, 4.69) is 15.9 Å². The minimum atomic E-state index is 0.771. The van der Waals surface area contributed by atoms with E-state index in [0.717, 1.165) is 19.6 Å². The molecule has 0 aromatic heterocycles. The largest absolute Gasteiger partial charge is 0.267 e. The molecule has 0 aromatic carbocycles. The van der Waals surface area contributed by atoms with Crippen LogP contribution in [0.3, 0.4) is 0 Å². The van der Waals surface area contributed by atoms with Gasteiger partial charge in [0, 0.05) is 6.54 Å². The lowest BCUT2D eigenvalue weighted by atomic mass is 10.5. The summed E-state index contributed by atoms with van der Waals surface area (Å²) in [6, 6.07) is 0. The predicted molar refractivity (Wildman–Crippen MR) is 20.7 cm³/mol. The fourth-order valence-electron chi connectivity index (χ4n) is 0.353. The molecule has 3 heteroatoms. The normalized spacial score (nSPS) is 24.0. The van der Waals surface area contributed by atoms with Crippen molar-refractivity contribution < 1.29 is 4.84 Å². The van der Waals surface area contributed by atoms with Crippen molar-refractivity contribution >= 4 is 0 Å². The molecule has 0 saturated carbocycles. The van der Waals surface area contributed by atoms with Gasteiger partial charge in [-0.05, 0) is 12.0 Å². The molecule has 0 amide bonds. The van der Waals surface area contributed by atoms with Gasteiger partial charge < -0.3 is 0 Å². The van der Waals surface area contributed by atoms with Crippen LogP contribution < -0.4 is 11.0 Å². The maximum Gasteiger partial charge on any atom is 0.0731 e. The van der Waals surface area contributed by atoms with Crippen LogP contribution in [0.5, 0.6) is 0 Å². The third-order valence-corrected chi connectivity index (χ3v) is 0.653. The molecule has 1 radical (unpaired) electrons. The number of hydrogen-bond donors (Lipinski definition) is 1. The maximum atomic E-state index is 4.58. The monoisotopic (exact) mass is 87.1 g/mol. The lowest BCUT2D eigenvalue weighted by Crippen LogP contribution is -2.32. The summed E-state index contributed by atoms with van der Waals surface area (Å²) in [7, 11) is 0. The summed E-state index contributed by atoms with van der Waals surface area (Å²) in [5.74, 6) is 0. The van der Waals surface area contributed by atoms with Crippen molar-refractivity contribution in [1.29, 1.82) is 0 Å². The van der Waals surface area contributed by atoms with Gasteiger partial charge in [-0.25, -0.2) is 5.43 Å². The number of rotatable bonds is 0. The zero-order valence-corrected chi connectivity index (χ0v) is 3.48. The molecule has 1 saturated heterocycles. The van der Waals surface area contributed by atoms with Gasteiger partial charge in [0.05, 0.1) is 6.61 Å². The van der Waals surface area contributed by atoms with Crippen molar-refractivity contribution in [2.24, 2.45) is 0 Å². The molecular formula is C3H7N2O. The van der Waals surface area contributed by atoms with Gasteiger partial charge in [-0.1, -0.05) is 0 Å². The van der Waals surface area contributed by atoms with E-state index in [9.17, 15) is 0 Å². The highest BCUT2D eigenvalue weighted by molar-refractivity contribution is 4.39. The van der Waals surface area contributed by atoms with Gasteiger partial charge in [-0.3, -0.25) is 4.84 Å². The fourth-order valence-corrected chi connectivity index (χ4v) is 0.353. The second kappa shape index (κ2) is 2.12. The highest BCUT2D eigenvalue weighted by atomic mass is 16.7. The van der Waals surface area contributed by atoms with E-state index < -0.39 is 0 Å². The molecule has 0 bridgehead atoms. The minimum absolute atomic E-state index is 0.771. The van der Waals surface area contributed by atoms with Gasteiger partial charge in [0.2, 0.25) is 0 Å². The molecular weight excluding hydrogens is 80.0 g/mol. The molecule has 0 aromatic rings. The molecule has 0 aliphatic carbocycles. The highest BCUT2D eigenvalue weighted by Gasteiger charge is 1.94. The average Bonchev–Trinajstić information content (AvgIpc) is 1.72. The molecule has 1 rings (SSSR count). The smallest absolute Gasteiger partial charge is 0.0731 e. The van der Waals surface area contributed by atoms with E-state index in [1.54, 1.807) is 0 Å². The van der Waals surface area contributed by atoms with Crippen LogP contribution in [0.1, 0.15) is 6.42 Å². The molecule has 6 heavy (non-hydrogen) atoms. The molecule has 0 atom stereocenters. The number of nitrogens with one attached hydrogen (secondary N) is 1. The van der Waals surface area contributed by atoms with Gasteiger partial charge in [0.15, 0.2) is 0 Å². The summed E-state index contributed by atoms with van der Waals surface area (Å²) < 4.78 is 0. The van der Waals surface area contributed by atoms with Crippen molar-refractivity contribution in [2.45, 2.75) is 6.42 Å². The first-order valence-corrected chi connectivity index (χ1v) is 2.05. The van der Waals surface area contributed by atoms with Crippen molar-refractivity contribution in [3.8, 4) is 0 Å². The molecule has 1 heterocycles. The first kappa shape index (κ1) is 4.05. The summed E-state index contributed by atoms with van der Waals surface area (Å²) in [5, 5.41) is 0. The lowest BCUT2D eigenvalue weighted by molar-refractivity contribution is -0.0264. The third kappa shape index (κ3) is 0.931. The Labute approximate surface area is 36.6 Å². The molecule has 1 N–H and O–H groups in total. The zero-order valence-electron chi connectivity index (χ0n) is 3.48. The van der Waals surface area contributed by atoms with Gasteiger partial charge >= 0.3 is 0 Å². The van der Waals surface area contributed by atoms with E-state index in [1.165, 1.54) is 0 Å². The Bertz CT molecular complexity index is 24.3.